The van der Waals surface area contributed by atoms with Crippen molar-refractivity contribution in [3.05, 3.63) is 30.5 Å². The first-order valence-electron chi connectivity index (χ1n) is 6.81. The van der Waals surface area contributed by atoms with E-state index in [1.807, 2.05) is 0 Å². The number of hydrogen-bond donors (Lipinski definition) is 2. The van der Waals surface area contributed by atoms with Crippen LogP contribution in [0.3, 0.4) is 0 Å². The average Bonchev–Trinajstić information content (AvgIpc) is 2.47. The van der Waals surface area contributed by atoms with E-state index in [1.54, 1.807) is 24.4 Å². The van der Waals surface area contributed by atoms with Gasteiger partial charge in [-0.05, 0) is 37.1 Å². The minimum atomic E-state index is -3.68. The van der Waals surface area contributed by atoms with Crippen molar-refractivity contribution >= 4 is 26.6 Å². The van der Waals surface area contributed by atoms with E-state index in [9.17, 15) is 13.5 Å². The van der Waals surface area contributed by atoms with Crippen LogP contribution < -0.4 is 5.73 Å². The summed E-state index contributed by atoms with van der Waals surface area (Å²) >= 11 is 0. The lowest BCUT2D eigenvalue weighted by Gasteiger charge is -2.29. The van der Waals surface area contributed by atoms with Crippen LogP contribution >= 0.6 is 0 Å². The van der Waals surface area contributed by atoms with Crippen molar-refractivity contribution in [2.45, 2.75) is 23.8 Å². The number of benzene rings is 1. The van der Waals surface area contributed by atoms with Gasteiger partial charge in [0.15, 0.2) is 0 Å². The van der Waals surface area contributed by atoms with Gasteiger partial charge in [-0.15, -0.1) is 0 Å². The van der Waals surface area contributed by atoms with Crippen LogP contribution in [0.15, 0.2) is 35.4 Å². The van der Waals surface area contributed by atoms with E-state index < -0.39 is 16.1 Å². The SMILES string of the molecule is Nc1ccc(S(=O)(=O)N2CCCC(O)C2)c2ncccc12. The third-order valence-electron chi connectivity index (χ3n) is 3.74. The quantitative estimate of drug-likeness (QED) is 0.806. The first-order chi connectivity index (χ1) is 10.00. The van der Waals surface area contributed by atoms with Crippen molar-refractivity contribution < 1.29 is 13.5 Å². The second-order valence-corrected chi connectivity index (χ2v) is 7.12. The predicted molar refractivity (Wildman–Crippen MR) is 80.2 cm³/mol. The number of fused-ring (bicyclic) bond motifs is 1. The fraction of sp³-hybridized carbons (Fsp3) is 0.357. The average molecular weight is 307 g/mol. The molecule has 0 radical (unpaired) electrons. The normalized spacial score (nSPS) is 20.7. The molecule has 0 amide bonds. The van der Waals surface area contributed by atoms with Crippen molar-refractivity contribution in [2.75, 3.05) is 18.8 Å². The van der Waals surface area contributed by atoms with E-state index >= 15 is 0 Å². The maximum absolute atomic E-state index is 12.8. The van der Waals surface area contributed by atoms with E-state index in [2.05, 4.69) is 4.98 Å². The Hall–Kier alpha value is -1.70. The number of nitrogen functional groups attached to an aromatic ring is 1. The lowest BCUT2D eigenvalue weighted by molar-refractivity contribution is 0.108. The van der Waals surface area contributed by atoms with Gasteiger partial charge < -0.3 is 10.8 Å². The maximum Gasteiger partial charge on any atom is 0.245 e. The van der Waals surface area contributed by atoms with Gasteiger partial charge in [-0.25, -0.2) is 8.42 Å². The van der Waals surface area contributed by atoms with Crippen LogP contribution in [0.4, 0.5) is 5.69 Å². The van der Waals surface area contributed by atoms with Crippen LogP contribution in [0.2, 0.25) is 0 Å². The number of nitrogens with two attached hydrogens (primary N) is 1. The molecule has 0 aliphatic carbocycles. The van der Waals surface area contributed by atoms with Crippen molar-refractivity contribution in [2.24, 2.45) is 0 Å². The number of aromatic nitrogens is 1. The zero-order valence-electron chi connectivity index (χ0n) is 11.4. The van der Waals surface area contributed by atoms with E-state index in [0.717, 1.165) is 0 Å². The number of rotatable bonds is 2. The molecule has 112 valence electrons. The molecule has 7 heteroatoms. The summed E-state index contributed by atoms with van der Waals surface area (Å²) in [5, 5.41) is 10.3. The minimum Gasteiger partial charge on any atom is -0.398 e. The highest BCUT2D eigenvalue weighted by molar-refractivity contribution is 7.89. The van der Waals surface area contributed by atoms with Gasteiger partial charge in [-0.1, -0.05) is 0 Å². The highest BCUT2D eigenvalue weighted by atomic mass is 32.2. The fourth-order valence-electron chi connectivity index (χ4n) is 2.66. The van der Waals surface area contributed by atoms with Gasteiger partial charge in [-0.3, -0.25) is 4.98 Å². The van der Waals surface area contributed by atoms with Crippen LogP contribution in [0.5, 0.6) is 0 Å². The number of hydrogen-bond acceptors (Lipinski definition) is 5. The first-order valence-corrected chi connectivity index (χ1v) is 8.25. The standard InChI is InChI=1S/C14H17N3O3S/c15-12-5-6-13(14-11(12)4-1-7-16-14)21(19,20)17-8-2-3-10(18)9-17/h1,4-7,10,18H,2-3,8-9,15H2. The number of aliphatic hydroxyl groups is 1. The summed E-state index contributed by atoms with van der Waals surface area (Å²) in [5.74, 6) is 0. The van der Waals surface area contributed by atoms with E-state index in [4.69, 9.17) is 5.73 Å². The van der Waals surface area contributed by atoms with Crippen LogP contribution in [0, 0.1) is 0 Å². The molecule has 0 bridgehead atoms. The number of sulfonamides is 1. The molecule has 1 aliphatic heterocycles. The van der Waals surface area contributed by atoms with Gasteiger partial charge in [0.05, 0.1) is 11.6 Å². The second-order valence-electron chi connectivity index (χ2n) is 5.21. The molecule has 3 rings (SSSR count). The molecular formula is C14H17N3O3S. The summed E-state index contributed by atoms with van der Waals surface area (Å²) in [6.07, 6.45) is 2.22. The zero-order chi connectivity index (χ0) is 15.0. The lowest BCUT2D eigenvalue weighted by Crippen LogP contribution is -2.42. The highest BCUT2D eigenvalue weighted by Gasteiger charge is 2.31. The molecule has 6 nitrogen and oxygen atoms in total. The molecular weight excluding hydrogens is 290 g/mol. The molecule has 21 heavy (non-hydrogen) atoms. The molecule has 1 fully saturated rings. The summed E-state index contributed by atoms with van der Waals surface area (Å²) in [7, 11) is -3.68. The Balaban J connectivity index is 2.13. The third-order valence-corrected chi connectivity index (χ3v) is 5.64. The zero-order valence-corrected chi connectivity index (χ0v) is 12.3. The second kappa shape index (κ2) is 5.25. The number of anilines is 1. The molecule has 1 aromatic heterocycles. The number of aliphatic hydroxyl groups excluding tert-OH is 1. The number of nitrogens with zero attached hydrogens (tertiary/aromatic N) is 2. The van der Waals surface area contributed by atoms with Gasteiger partial charge in [-0.2, -0.15) is 4.31 Å². The number of piperidine rings is 1. The van der Waals surface area contributed by atoms with Crippen molar-refractivity contribution in [1.82, 2.24) is 9.29 Å². The Morgan fingerprint density at radius 2 is 2.14 bits per heavy atom. The molecule has 0 saturated carbocycles. The van der Waals surface area contributed by atoms with E-state index in [0.29, 0.717) is 36.0 Å². The Morgan fingerprint density at radius 3 is 2.90 bits per heavy atom. The van der Waals surface area contributed by atoms with E-state index in [-0.39, 0.29) is 11.4 Å². The Kier molecular flexibility index (Phi) is 3.56. The molecule has 1 aliphatic rings. The van der Waals surface area contributed by atoms with E-state index in [1.165, 1.54) is 10.4 Å². The lowest BCUT2D eigenvalue weighted by atomic mass is 10.1. The van der Waals surface area contributed by atoms with Crippen LogP contribution in [-0.4, -0.2) is 42.0 Å². The summed E-state index contributed by atoms with van der Waals surface area (Å²) in [5.41, 5.74) is 6.75. The van der Waals surface area contributed by atoms with Gasteiger partial charge >= 0.3 is 0 Å². The maximum atomic E-state index is 12.8. The van der Waals surface area contributed by atoms with Crippen LogP contribution in [-0.2, 0) is 10.0 Å². The fourth-order valence-corrected chi connectivity index (χ4v) is 4.32. The molecule has 1 aromatic carbocycles. The molecule has 1 unspecified atom stereocenters. The Bertz CT molecular complexity index is 776. The molecule has 1 atom stereocenters. The summed E-state index contributed by atoms with van der Waals surface area (Å²) < 4.78 is 26.9. The summed E-state index contributed by atoms with van der Waals surface area (Å²) in [4.78, 5) is 4.31. The Labute approximate surface area is 123 Å². The number of β-amino-alcohol motifs (C(OH)–C–C–N with tert-alkyl or cyclic N) is 1. The predicted octanol–water partition coefficient (Wildman–Crippen LogP) is 0.962. The van der Waals surface area contributed by atoms with Crippen molar-refractivity contribution in [3.8, 4) is 0 Å². The highest BCUT2D eigenvalue weighted by Crippen LogP contribution is 2.29. The summed E-state index contributed by atoms with van der Waals surface area (Å²) in [6, 6.07) is 6.54. The third kappa shape index (κ3) is 2.48. The van der Waals surface area contributed by atoms with Crippen LogP contribution in [0.1, 0.15) is 12.8 Å². The van der Waals surface area contributed by atoms with Crippen molar-refractivity contribution in [3.63, 3.8) is 0 Å². The largest absolute Gasteiger partial charge is 0.398 e. The molecule has 3 N–H and O–H groups in total. The smallest absolute Gasteiger partial charge is 0.245 e. The molecule has 2 aromatic rings. The van der Waals surface area contributed by atoms with Gasteiger partial charge in [0.25, 0.3) is 0 Å². The van der Waals surface area contributed by atoms with Gasteiger partial charge in [0, 0.05) is 30.4 Å². The molecule has 1 saturated heterocycles. The number of pyridine rings is 1. The Morgan fingerprint density at radius 1 is 1.33 bits per heavy atom. The first kappa shape index (κ1) is 14.2. The van der Waals surface area contributed by atoms with Gasteiger partial charge in [0.1, 0.15) is 4.90 Å². The van der Waals surface area contributed by atoms with Crippen LogP contribution in [0.25, 0.3) is 10.9 Å². The van der Waals surface area contributed by atoms with Gasteiger partial charge in [0.2, 0.25) is 10.0 Å². The molecule has 0 spiro atoms. The van der Waals surface area contributed by atoms with Crippen molar-refractivity contribution in [1.29, 1.82) is 0 Å². The topological polar surface area (TPSA) is 96.5 Å². The monoisotopic (exact) mass is 307 g/mol. The summed E-state index contributed by atoms with van der Waals surface area (Å²) in [6.45, 7) is 0.541. The minimum absolute atomic E-state index is 0.126. The molecule has 2 heterocycles.